The zero-order chi connectivity index (χ0) is 25.5. The maximum absolute atomic E-state index is 10.1. The lowest BCUT2D eigenvalue weighted by molar-refractivity contribution is -0.376. The molecule has 0 aromatic carbocycles. The second-order valence-corrected chi connectivity index (χ2v) is 7.48. The van der Waals surface area contributed by atoms with Crippen molar-refractivity contribution in [3.05, 3.63) is 0 Å². The Morgan fingerprint density at radius 1 is 0.788 bits per heavy atom. The summed E-state index contributed by atoms with van der Waals surface area (Å²) in [7, 11) is 0. The summed E-state index contributed by atoms with van der Waals surface area (Å²) in [5.74, 6) is -1.64. The highest BCUT2D eigenvalue weighted by Crippen LogP contribution is 2.27. The lowest BCUT2D eigenvalue weighted by atomic mass is 9.98. The number of ether oxygens (including phenoxy) is 3. The van der Waals surface area contributed by atoms with Crippen LogP contribution in [0.1, 0.15) is 12.8 Å². The Kier molecular flexibility index (Phi) is 12.0. The Morgan fingerprint density at radius 3 is 1.48 bits per heavy atom. The average molecular weight is 488 g/mol. The Hall–Kier alpha value is -1.54. The van der Waals surface area contributed by atoms with E-state index in [4.69, 9.17) is 41.0 Å². The molecule has 16 nitrogen and oxygen atoms in total. The predicted octanol–water partition coefficient (Wildman–Crippen LogP) is -6.73. The van der Waals surface area contributed by atoms with Crippen LogP contribution in [0, 0.1) is 0 Å². The first kappa shape index (κ1) is 29.5. The fourth-order valence-corrected chi connectivity index (χ4v) is 2.91. The molecule has 33 heavy (non-hydrogen) atoms. The largest absolute Gasteiger partial charge is 0.480 e. The third-order valence-electron chi connectivity index (χ3n) is 4.98. The number of carboxylic acid groups (broad SMARTS) is 1. The van der Waals surface area contributed by atoms with E-state index < -0.39 is 92.5 Å². The van der Waals surface area contributed by atoms with E-state index in [0.717, 1.165) is 0 Å². The molecule has 0 aliphatic carbocycles. The van der Waals surface area contributed by atoms with Gasteiger partial charge in [0.2, 0.25) is 5.91 Å². The maximum Gasteiger partial charge on any atom is 0.320 e. The molecule has 2 fully saturated rings. The number of hydrogen-bond acceptors (Lipinski definition) is 14. The van der Waals surface area contributed by atoms with E-state index in [1.165, 1.54) is 0 Å². The topological polar surface area (TPSA) is 296 Å². The van der Waals surface area contributed by atoms with Crippen LogP contribution in [0.3, 0.4) is 0 Å². The highest BCUT2D eigenvalue weighted by molar-refractivity contribution is 5.76. The number of carbonyl (C=O) groups excluding carboxylic acids is 1. The lowest BCUT2D eigenvalue weighted by Crippen LogP contribution is -2.63. The van der Waals surface area contributed by atoms with Gasteiger partial charge in [-0.2, -0.15) is 0 Å². The highest BCUT2D eigenvalue weighted by atomic mass is 16.8. The van der Waals surface area contributed by atoms with Crippen molar-refractivity contribution < 1.29 is 69.8 Å². The maximum atomic E-state index is 10.1. The van der Waals surface area contributed by atoms with Crippen molar-refractivity contribution in [3.63, 3.8) is 0 Å². The van der Waals surface area contributed by atoms with E-state index in [2.05, 4.69) is 0 Å². The molecule has 1 amide bonds. The molecule has 0 radical (unpaired) electrons. The minimum Gasteiger partial charge on any atom is -0.480 e. The zero-order valence-electron chi connectivity index (χ0n) is 17.4. The number of aliphatic hydroxyl groups excluding tert-OH is 8. The summed E-state index contributed by atoms with van der Waals surface area (Å²) in [6, 6.07) is -0.979. The molecule has 11 atom stereocenters. The molecule has 2 saturated heterocycles. The Balaban J connectivity index is 0.000000461. The minimum atomic E-state index is -1.72. The molecule has 2 aliphatic heterocycles. The summed E-state index contributed by atoms with van der Waals surface area (Å²) in [6.45, 7) is -1.33. The van der Waals surface area contributed by atoms with Gasteiger partial charge >= 0.3 is 5.97 Å². The molecule has 2 aliphatic rings. The van der Waals surface area contributed by atoms with Gasteiger partial charge in [0.25, 0.3) is 0 Å². The van der Waals surface area contributed by atoms with E-state index in [9.17, 15) is 40.2 Å². The fraction of sp³-hybridized carbons (Fsp3) is 0.882. The van der Waals surface area contributed by atoms with Gasteiger partial charge in [0, 0.05) is 6.42 Å². The van der Waals surface area contributed by atoms with Crippen molar-refractivity contribution in [1.82, 2.24) is 0 Å². The minimum absolute atomic E-state index is 0.0213. The van der Waals surface area contributed by atoms with Gasteiger partial charge in [-0.1, -0.05) is 0 Å². The molecule has 0 saturated carbocycles. The molecular formula is C17H32N2O14. The summed E-state index contributed by atoms with van der Waals surface area (Å²) in [6.07, 6.45) is -15.5. The molecule has 0 unspecified atom stereocenters. The Labute approximate surface area is 187 Å². The number of aliphatic hydroxyl groups is 8. The van der Waals surface area contributed by atoms with Crippen LogP contribution in [0.4, 0.5) is 0 Å². The van der Waals surface area contributed by atoms with Crippen LogP contribution in [-0.2, 0) is 23.8 Å². The molecule has 0 aromatic heterocycles. The van der Waals surface area contributed by atoms with Gasteiger partial charge in [-0.05, 0) is 6.42 Å². The molecule has 16 heteroatoms. The summed E-state index contributed by atoms with van der Waals surface area (Å²) in [5.41, 5.74) is 9.81. The van der Waals surface area contributed by atoms with Gasteiger partial charge in [-0.25, -0.2) is 0 Å². The molecule has 2 rings (SSSR count). The smallest absolute Gasteiger partial charge is 0.320 e. The number of rotatable bonds is 8. The van der Waals surface area contributed by atoms with E-state index in [1.54, 1.807) is 0 Å². The highest BCUT2D eigenvalue weighted by Gasteiger charge is 2.49. The summed E-state index contributed by atoms with van der Waals surface area (Å²) in [5, 5.41) is 84.7. The van der Waals surface area contributed by atoms with Crippen molar-refractivity contribution in [3.8, 4) is 0 Å². The van der Waals surface area contributed by atoms with Crippen LogP contribution in [0.25, 0.3) is 0 Å². The number of primary amides is 1. The van der Waals surface area contributed by atoms with Gasteiger partial charge in [0.05, 0.1) is 13.2 Å². The normalized spacial score (nSPS) is 39.8. The molecule has 13 N–H and O–H groups in total. The van der Waals surface area contributed by atoms with Crippen LogP contribution in [-0.4, -0.2) is 139 Å². The molecule has 2 heterocycles. The summed E-state index contributed by atoms with van der Waals surface area (Å²) >= 11 is 0. The molecular weight excluding hydrogens is 456 g/mol. The van der Waals surface area contributed by atoms with Crippen molar-refractivity contribution in [2.75, 3.05) is 13.2 Å². The first-order valence-corrected chi connectivity index (χ1v) is 9.88. The van der Waals surface area contributed by atoms with Crippen LogP contribution >= 0.6 is 0 Å². The monoisotopic (exact) mass is 488 g/mol. The SMILES string of the molecule is NC(=O)CC[C@H](N)C(=O)O.OC[C@H]1O[C@H](O[C@H]2O[C@H](CO)[C@@H](O)[C@H](O)[C@H]2O)[C@H](O)[C@@H](O)[C@@H]1O. The van der Waals surface area contributed by atoms with Crippen molar-refractivity contribution in [2.45, 2.75) is 80.3 Å². The number of carbonyl (C=O) groups is 2. The van der Waals surface area contributed by atoms with Crippen LogP contribution in [0.15, 0.2) is 0 Å². The van der Waals surface area contributed by atoms with Crippen molar-refractivity contribution >= 4 is 11.9 Å². The standard InChI is InChI=1S/C12H22O11.C5H10N2O3/c13-1-3-5(15)7(17)9(19)11(21-3)23-12-10(20)8(18)6(16)4(2-14)22-12;6-3(5(9)10)1-2-4(7)8/h3-20H,1-2H2;3H,1-2,6H2,(H2,7,8)(H,9,10)/t3-,4-,5-,6-,7+,8+,9-,10-,11-,12-;3-/m10/s1. The number of amides is 1. The van der Waals surface area contributed by atoms with E-state index in [0.29, 0.717) is 0 Å². The van der Waals surface area contributed by atoms with Gasteiger partial charge in [0.15, 0.2) is 12.6 Å². The van der Waals surface area contributed by atoms with Crippen LogP contribution in [0.2, 0.25) is 0 Å². The number of aliphatic carboxylic acids is 1. The molecule has 0 bridgehead atoms. The summed E-state index contributed by atoms with van der Waals surface area (Å²) < 4.78 is 15.3. The average Bonchev–Trinajstić information content (AvgIpc) is 2.78. The van der Waals surface area contributed by atoms with Gasteiger partial charge in [0.1, 0.15) is 54.9 Å². The lowest BCUT2D eigenvalue weighted by Gasteiger charge is -2.44. The molecule has 0 aromatic rings. The fourth-order valence-electron chi connectivity index (χ4n) is 2.91. The molecule has 194 valence electrons. The predicted molar refractivity (Wildman–Crippen MR) is 103 cm³/mol. The number of nitrogens with two attached hydrogens (primary N) is 2. The first-order valence-electron chi connectivity index (χ1n) is 9.88. The van der Waals surface area contributed by atoms with Crippen LogP contribution in [0.5, 0.6) is 0 Å². The second kappa shape index (κ2) is 13.4. The Morgan fingerprint density at radius 2 is 1.18 bits per heavy atom. The molecule has 0 spiro atoms. The van der Waals surface area contributed by atoms with Gasteiger partial charge < -0.3 is 71.6 Å². The second-order valence-electron chi connectivity index (χ2n) is 7.48. The first-order chi connectivity index (χ1) is 15.3. The van der Waals surface area contributed by atoms with Crippen molar-refractivity contribution in [1.29, 1.82) is 0 Å². The van der Waals surface area contributed by atoms with Crippen LogP contribution < -0.4 is 11.5 Å². The van der Waals surface area contributed by atoms with E-state index in [1.807, 2.05) is 0 Å². The third-order valence-corrected chi connectivity index (χ3v) is 4.98. The van der Waals surface area contributed by atoms with Crippen molar-refractivity contribution in [2.24, 2.45) is 11.5 Å². The number of carboxylic acids is 1. The van der Waals surface area contributed by atoms with Gasteiger partial charge in [-0.3, -0.25) is 9.59 Å². The number of hydrogen-bond donors (Lipinski definition) is 11. The van der Waals surface area contributed by atoms with E-state index >= 15 is 0 Å². The summed E-state index contributed by atoms with van der Waals surface area (Å²) in [4.78, 5) is 20.1. The zero-order valence-corrected chi connectivity index (χ0v) is 17.4. The van der Waals surface area contributed by atoms with Gasteiger partial charge in [-0.15, -0.1) is 0 Å². The quantitative estimate of drug-likeness (QED) is 0.151. The van der Waals surface area contributed by atoms with E-state index in [-0.39, 0.29) is 12.8 Å². The Bertz CT molecular complexity index is 589. The third kappa shape index (κ3) is 8.02.